The summed E-state index contributed by atoms with van der Waals surface area (Å²) in [5, 5.41) is 3.49. The molecule has 3 aliphatic rings. The topological polar surface area (TPSA) is 41.6 Å². The number of carbonyl (C=O) groups excluding carboxylic acids is 1. The van der Waals surface area contributed by atoms with E-state index in [0.717, 1.165) is 26.0 Å². The summed E-state index contributed by atoms with van der Waals surface area (Å²) in [6, 6.07) is -0.0167. The molecule has 2 aliphatic heterocycles. The summed E-state index contributed by atoms with van der Waals surface area (Å²) in [5.41, 5.74) is 0. The van der Waals surface area contributed by atoms with E-state index in [1.54, 1.807) is 0 Å². The SMILES string of the molecule is CC1NC(C2CCCC2)N(CC2CCCO2)C1=O. The Morgan fingerprint density at radius 1 is 1.28 bits per heavy atom. The number of rotatable bonds is 3. The average molecular weight is 252 g/mol. The summed E-state index contributed by atoms with van der Waals surface area (Å²) in [5.74, 6) is 0.919. The van der Waals surface area contributed by atoms with Crippen LogP contribution in [-0.2, 0) is 9.53 Å². The van der Waals surface area contributed by atoms with E-state index < -0.39 is 0 Å². The van der Waals surface area contributed by atoms with E-state index >= 15 is 0 Å². The molecule has 18 heavy (non-hydrogen) atoms. The van der Waals surface area contributed by atoms with Gasteiger partial charge >= 0.3 is 0 Å². The van der Waals surface area contributed by atoms with Crippen molar-refractivity contribution in [2.45, 2.75) is 63.8 Å². The van der Waals surface area contributed by atoms with Crippen molar-refractivity contribution in [1.29, 1.82) is 0 Å². The van der Waals surface area contributed by atoms with Crippen LogP contribution in [0.25, 0.3) is 0 Å². The number of carbonyl (C=O) groups is 1. The molecule has 3 rings (SSSR count). The number of hydrogen-bond donors (Lipinski definition) is 1. The number of hydrogen-bond acceptors (Lipinski definition) is 3. The zero-order chi connectivity index (χ0) is 12.5. The minimum Gasteiger partial charge on any atom is -0.376 e. The standard InChI is InChI=1S/C14H24N2O2/c1-10-14(17)16(9-12-7-4-8-18-12)13(15-10)11-5-2-3-6-11/h10-13,15H,2-9H2,1H3. The average Bonchev–Trinajstić information content (AvgIpc) is 3.07. The van der Waals surface area contributed by atoms with Crippen molar-refractivity contribution in [1.82, 2.24) is 10.2 Å². The first-order chi connectivity index (χ1) is 8.75. The van der Waals surface area contributed by atoms with Gasteiger partial charge in [0.1, 0.15) is 0 Å². The van der Waals surface area contributed by atoms with E-state index in [1.165, 1.54) is 25.7 Å². The highest BCUT2D eigenvalue weighted by atomic mass is 16.5. The Morgan fingerprint density at radius 3 is 2.72 bits per heavy atom. The molecule has 1 saturated carbocycles. The van der Waals surface area contributed by atoms with E-state index in [-0.39, 0.29) is 24.2 Å². The lowest BCUT2D eigenvalue weighted by Crippen LogP contribution is -2.45. The molecule has 2 heterocycles. The molecule has 102 valence electrons. The van der Waals surface area contributed by atoms with E-state index in [4.69, 9.17) is 4.74 Å². The third-order valence-electron chi connectivity index (χ3n) is 4.68. The van der Waals surface area contributed by atoms with Gasteiger partial charge in [0.15, 0.2) is 0 Å². The minimum atomic E-state index is -0.0167. The molecule has 0 radical (unpaired) electrons. The lowest BCUT2D eigenvalue weighted by atomic mass is 10.0. The molecule has 0 bridgehead atoms. The van der Waals surface area contributed by atoms with E-state index in [2.05, 4.69) is 10.2 Å². The zero-order valence-electron chi connectivity index (χ0n) is 11.2. The lowest BCUT2D eigenvalue weighted by molar-refractivity contribution is -0.131. The summed E-state index contributed by atoms with van der Waals surface area (Å²) >= 11 is 0. The van der Waals surface area contributed by atoms with Gasteiger partial charge in [0, 0.05) is 13.2 Å². The van der Waals surface area contributed by atoms with E-state index in [1.807, 2.05) is 6.92 Å². The monoisotopic (exact) mass is 252 g/mol. The van der Waals surface area contributed by atoms with Crippen molar-refractivity contribution in [3.8, 4) is 0 Å². The van der Waals surface area contributed by atoms with Crippen LogP contribution in [0.3, 0.4) is 0 Å². The molecule has 1 amide bonds. The molecule has 1 N–H and O–H groups in total. The van der Waals surface area contributed by atoms with Gasteiger partial charge in [0.05, 0.1) is 18.3 Å². The van der Waals surface area contributed by atoms with Gasteiger partial charge < -0.3 is 9.64 Å². The molecule has 4 nitrogen and oxygen atoms in total. The van der Waals surface area contributed by atoms with E-state index in [0.29, 0.717) is 5.92 Å². The van der Waals surface area contributed by atoms with Gasteiger partial charge in [-0.05, 0) is 38.5 Å². The van der Waals surface area contributed by atoms with Crippen LogP contribution < -0.4 is 5.32 Å². The fraction of sp³-hybridized carbons (Fsp3) is 0.929. The second-order valence-electron chi connectivity index (χ2n) is 6.00. The summed E-state index contributed by atoms with van der Waals surface area (Å²) in [4.78, 5) is 14.3. The molecule has 3 unspecified atom stereocenters. The van der Waals surface area contributed by atoms with Crippen LogP contribution in [0.15, 0.2) is 0 Å². The maximum Gasteiger partial charge on any atom is 0.240 e. The first kappa shape index (κ1) is 12.4. The van der Waals surface area contributed by atoms with E-state index in [9.17, 15) is 4.79 Å². The van der Waals surface area contributed by atoms with Crippen molar-refractivity contribution in [2.75, 3.05) is 13.2 Å². The molecule has 0 spiro atoms. The highest BCUT2D eigenvalue weighted by molar-refractivity contribution is 5.84. The van der Waals surface area contributed by atoms with Crippen molar-refractivity contribution >= 4 is 5.91 Å². The Kier molecular flexibility index (Phi) is 3.57. The largest absolute Gasteiger partial charge is 0.376 e. The van der Waals surface area contributed by atoms with Gasteiger partial charge in [-0.15, -0.1) is 0 Å². The van der Waals surface area contributed by atoms with Gasteiger partial charge in [-0.2, -0.15) is 0 Å². The van der Waals surface area contributed by atoms with Gasteiger partial charge in [-0.1, -0.05) is 12.8 Å². The molecule has 3 fully saturated rings. The quantitative estimate of drug-likeness (QED) is 0.827. The third kappa shape index (κ3) is 2.28. The second-order valence-corrected chi connectivity index (χ2v) is 6.00. The van der Waals surface area contributed by atoms with Crippen LogP contribution in [0.4, 0.5) is 0 Å². The minimum absolute atomic E-state index is 0.0167. The first-order valence-corrected chi connectivity index (χ1v) is 7.44. The Balaban J connectivity index is 1.68. The number of nitrogens with zero attached hydrogens (tertiary/aromatic N) is 1. The summed E-state index contributed by atoms with van der Waals surface area (Å²) in [6.07, 6.45) is 7.95. The summed E-state index contributed by atoms with van der Waals surface area (Å²) in [6.45, 7) is 3.64. The molecule has 1 aliphatic carbocycles. The number of nitrogens with one attached hydrogen (secondary N) is 1. The van der Waals surface area contributed by atoms with Crippen LogP contribution in [0.1, 0.15) is 45.4 Å². The maximum absolute atomic E-state index is 12.3. The lowest BCUT2D eigenvalue weighted by Gasteiger charge is -2.30. The molecule has 4 heteroatoms. The second kappa shape index (κ2) is 5.17. The fourth-order valence-corrected chi connectivity index (χ4v) is 3.68. The van der Waals surface area contributed by atoms with Crippen LogP contribution in [0.5, 0.6) is 0 Å². The molecule has 0 aromatic heterocycles. The Labute approximate surface area is 109 Å². The Bertz CT molecular complexity index is 309. The van der Waals surface area contributed by atoms with Crippen molar-refractivity contribution < 1.29 is 9.53 Å². The van der Waals surface area contributed by atoms with Crippen LogP contribution in [-0.4, -0.2) is 42.3 Å². The van der Waals surface area contributed by atoms with Crippen LogP contribution >= 0.6 is 0 Å². The van der Waals surface area contributed by atoms with Gasteiger partial charge in [-0.25, -0.2) is 0 Å². The Morgan fingerprint density at radius 2 is 2.06 bits per heavy atom. The summed E-state index contributed by atoms with van der Waals surface area (Å²) < 4.78 is 5.69. The normalized spacial score (nSPS) is 37.9. The molecular weight excluding hydrogens is 228 g/mol. The van der Waals surface area contributed by atoms with Crippen molar-refractivity contribution in [2.24, 2.45) is 5.92 Å². The fourth-order valence-electron chi connectivity index (χ4n) is 3.68. The van der Waals surface area contributed by atoms with Crippen LogP contribution in [0.2, 0.25) is 0 Å². The smallest absolute Gasteiger partial charge is 0.240 e. The summed E-state index contributed by atoms with van der Waals surface area (Å²) in [7, 11) is 0. The highest BCUT2D eigenvalue weighted by Gasteiger charge is 2.42. The molecule has 3 atom stereocenters. The predicted molar refractivity (Wildman–Crippen MR) is 69.0 cm³/mol. The predicted octanol–water partition coefficient (Wildman–Crippen LogP) is 1.50. The Hall–Kier alpha value is -0.610. The third-order valence-corrected chi connectivity index (χ3v) is 4.68. The molecular formula is C14H24N2O2. The molecule has 2 saturated heterocycles. The van der Waals surface area contributed by atoms with Gasteiger partial charge in [0.2, 0.25) is 5.91 Å². The van der Waals surface area contributed by atoms with Crippen molar-refractivity contribution in [3.05, 3.63) is 0 Å². The number of amides is 1. The first-order valence-electron chi connectivity index (χ1n) is 7.44. The number of ether oxygens (including phenoxy) is 1. The van der Waals surface area contributed by atoms with Crippen LogP contribution in [0, 0.1) is 5.92 Å². The van der Waals surface area contributed by atoms with Crippen molar-refractivity contribution in [3.63, 3.8) is 0 Å². The zero-order valence-corrected chi connectivity index (χ0v) is 11.2. The highest BCUT2D eigenvalue weighted by Crippen LogP contribution is 2.32. The maximum atomic E-state index is 12.3. The molecule has 0 aromatic rings. The van der Waals surface area contributed by atoms with Gasteiger partial charge in [-0.3, -0.25) is 10.1 Å². The van der Waals surface area contributed by atoms with Gasteiger partial charge in [0.25, 0.3) is 0 Å². The molecule has 0 aromatic carbocycles.